The Labute approximate surface area is 131 Å². The summed E-state index contributed by atoms with van der Waals surface area (Å²) < 4.78 is 0. The Morgan fingerprint density at radius 2 is 1.89 bits per heavy atom. The average molecular weight is 382 g/mol. The molecular formula is C13H21ClIN3. The molecule has 0 saturated heterocycles. The lowest BCUT2D eigenvalue weighted by Gasteiger charge is -2.14. The van der Waals surface area contributed by atoms with E-state index in [0.29, 0.717) is 6.04 Å². The van der Waals surface area contributed by atoms with E-state index in [-0.39, 0.29) is 24.0 Å². The lowest BCUT2D eigenvalue weighted by atomic mass is 10.1. The van der Waals surface area contributed by atoms with E-state index in [4.69, 9.17) is 11.6 Å². The number of rotatable bonds is 4. The van der Waals surface area contributed by atoms with Crippen LogP contribution in [0, 0.1) is 0 Å². The second kappa shape index (κ2) is 9.44. The van der Waals surface area contributed by atoms with Crippen LogP contribution >= 0.6 is 35.6 Å². The van der Waals surface area contributed by atoms with Crippen LogP contribution in [0.25, 0.3) is 0 Å². The van der Waals surface area contributed by atoms with Crippen molar-refractivity contribution in [3.05, 3.63) is 34.9 Å². The summed E-state index contributed by atoms with van der Waals surface area (Å²) in [7, 11) is 1.78. The van der Waals surface area contributed by atoms with Gasteiger partial charge in [-0.2, -0.15) is 0 Å². The second-order valence-corrected chi connectivity index (χ2v) is 4.61. The maximum absolute atomic E-state index is 5.83. The Kier molecular flexibility index (Phi) is 9.18. The highest BCUT2D eigenvalue weighted by Gasteiger charge is 1.99. The van der Waals surface area contributed by atoms with Crippen molar-refractivity contribution in [2.24, 2.45) is 4.99 Å². The first-order valence-electron chi connectivity index (χ1n) is 5.83. The summed E-state index contributed by atoms with van der Waals surface area (Å²) in [4.78, 5) is 4.15. The average Bonchev–Trinajstić information content (AvgIpc) is 2.30. The van der Waals surface area contributed by atoms with Gasteiger partial charge in [-0.25, -0.2) is 0 Å². The quantitative estimate of drug-likeness (QED) is 0.478. The van der Waals surface area contributed by atoms with Crippen LogP contribution in [-0.4, -0.2) is 25.6 Å². The van der Waals surface area contributed by atoms with Crippen molar-refractivity contribution in [3.8, 4) is 0 Å². The normalized spacial score (nSPS) is 11.1. The molecular weight excluding hydrogens is 361 g/mol. The third-order valence-corrected chi connectivity index (χ3v) is 2.52. The van der Waals surface area contributed by atoms with Gasteiger partial charge >= 0.3 is 0 Å². The molecule has 1 aromatic carbocycles. The molecule has 1 aromatic rings. The molecule has 0 aliphatic heterocycles. The summed E-state index contributed by atoms with van der Waals surface area (Å²) >= 11 is 5.83. The van der Waals surface area contributed by atoms with Crippen molar-refractivity contribution < 1.29 is 0 Å². The number of halogens is 2. The van der Waals surface area contributed by atoms with Crippen LogP contribution in [0.5, 0.6) is 0 Å². The Morgan fingerprint density at radius 1 is 1.28 bits per heavy atom. The highest BCUT2D eigenvalue weighted by molar-refractivity contribution is 14.0. The van der Waals surface area contributed by atoms with E-state index in [2.05, 4.69) is 29.5 Å². The number of nitrogens with zero attached hydrogens (tertiary/aromatic N) is 1. The zero-order valence-electron chi connectivity index (χ0n) is 11.0. The summed E-state index contributed by atoms with van der Waals surface area (Å²) in [6, 6.07) is 8.30. The first kappa shape index (κ1) is 17.5. The van der Waals surface area contributed by atoms with Crippen molar-refractivity contribution in [2.45, 2.75) is 26.3 Å². The van der Waals surface area contributed by atoms with E-state index in [9.17, 15) is 0 Å². The molecule has 0 aliphatic carbocycles. The van der Waals surface area contributed by atoms with Crippen molar-refractivity contribution in [2.75, 3.05) is 13.6 Å². The van der Waals surface area contributed by atoms with Gasteiger partial charge in [0.05, 0.1) is 0 Å². The fourth-order valence-corrected chi connectivity index (χ4v) is 1.57. The fraction of sp³-hybridized carbons (Fsp3) is 0.462. The van der Waals surface area contributed by atoms with Gasteiger partial charge in [0.25, 0.3) is 0 Å². The Bertz CT molecular complexity index is 363. The van der Waals surface area contributed by atoms with Crippen LogP contribution in [0.1, 0.15) is 19.4 Å². The van der Waals surface area contributed by atoms with Gasteiger partial charge in [0.15, 0.2) is 5.96 Å². The first-order valence-corrected chi connectivity index (χ1v) is 6.21. The minimum atomic E-state index is 0. The van der Waals surface area contributed by atoms with Crippen molar-refractivity contribution in [1.82, 2.24) is 10.6 Å². The zero-order chi connectivity index (χ0) is 12.7. The molecule has 2 N–H and O–H groups in total. The van der Waals surface area contributed by atoms with Crippen molar-refractivity contribution >= 4 is 41.5 Å². The molecule has 0 aliphatic rings. The van der Waals surface area contributed by atoms with Crippen LogP contribution in [0.4, 0.5) is 0 Å². The molecule has 1 rings (SSSR count). The summed E-state index contributed by atoms with van der Waals surface area (Å²) in [6.07, 6.45) is 0.954. The number of nitrogens with one attached hydrogen (secondary N) is 2. The number of aliphatic imine (C=N–C) groups is 1. The van der Waals surface area contributed by atoms with Gasteiger partial charge in [-0.1, -0.05) is 23.7 Å². The van der Waals surface area contributed by atoms with E-state index in [1.807, 2.05) is 24.3 Å². The monoisotopic (exact) mass is 381 g/mol. The smallest absolute Gasteiger partial charge is 0.191 e. The molecule has 0 atom stereocenters. The Morgan fingerprint density at radius 3 is 2.39 bits per heavy atom. The molecule has 0 fully saturated rings. The largest absolute Gasteiger partial charge is 0.356 e. The van der Waals surface area contributed by atoms with Gasteiger partial charge in [0.2, 0.25) is 0 Å². The predicted octanol–water partition coefficient (Wildman–Crippen LogP) is 3.07. The third kappa shape index (κ3) is 7.06. The maximum atomic E-state index is 5.83. The Hall–Kier alpha value is -0.490. The van der Waals surface area contributed by atoms with Crippen LogP contribution in [-0.2, 0) is 6.42 Å². The molecule has 102 valence electrons. The summed E-state index contributed by atoms with van der Waals surface area (Å²) in [6.45, 7) is 5.03. The molecule has 0 amide bonds. The van der Waals surface area contributed by atoms with Crippen molar-refractivity contribution in [1.29, 1.82) is 0 Å². The molecule has 0 spiro atoms. The van der Waals surface area contributed by atoms with Gasteiger partial charge in [0.1, 0.15) is 0 Å². The lowest BCUT2D eigenvalue weighted by Crippen LogP contribution is -2.41. The lowest BCUT2D eigenvalue weighted by molar-refractivity contribution is 0.698. The van der Waals surface area contributed by atoms with Crippen molar-refractivity contribution in [3.63, 3.8) is 0 Å². The molecule has 0 aromatic heterocycles. The molecule has 0 saturated carbocycles. The molecule has 0 radical (unpaired) electrons. The van der Waals surface area contributed by atoms with Gasteiger partial charge in [-0.05, 0) is 38.0 Å². The number of guanidine groups is 1. The third-order valence-electron chi connectivity index (χ3n) is 2.27. The standard InChI is InChI=1S/C13H20ClN3.HI/c1-10(2)17-13(15-3)16-9-8-11-4-6-12(14)7-5-11;/h4-7,10H,8-9H2,1-3H3,(H2,15,16,17);1H. The zero-order valence-corrected chi connectivity index (χ0v) is 14.1. The molecule has 0 heterocycles. The van der Waals surface area contributed by atoms with E-state index < -0.39 is 0 Å². The number of hydrogen-bond donors (Lipinski definition) is 2. The minimum Gasteiger partial charge on any atom is -0.356 e. The summed E-state index contributed by atoms with van der Waals surface area (Å²) in [5.41, 5.74) is 1.27. The molecule has 18 heavy (non-hydrogen) atoms. The predicted molar refractivity (Wildman–Crippen MR) is 90.2 cm³/mol. The topological polar surface area (TPSA) is 36.4 Å². The maximum Gasteiger partial charge on any atom is 0.191 e. The first-order chi connectivity index (χ1) is 8.11. The van der Waals surface area contributed by atoms with Crippen LogP contribution in [0.3, 0.4) is 0 Å². The van der Waals surface area contributed by atoms with Gasteiger partial charge in [0, 0.05) is 24.7 Å². The number of benzene rings is 1. The highest BCUT2D eigenvalue weighted by Crippen LogP contribution is 2.09. The van der Waals surface area contributed by atoms with Gasteiger partial charge in [-0.15, -0.1) is 24.0 Å². The second-order valence-electron chi connectivity index (χ2n) is 4.17. The van der Waals surface area contributed by atoms with E-state index in [1.54, 1.807) is 7.05 Å². The van der Waals surface area contributed by atoms with Crippen LogP contribution in [0.2, 0.25) is 5.02 Å². The minimum absolute atomic E-state index is 0. The number of hydrogen-bond acceptors (Lipinski definition) is 1. The van der Waals surface area contributed by atoms with Gasteiger partial charge < -0.3 is 10.6 Å². The molecule has 0 unspecified atom stereocenters. The van der Waals surface area contributed by atoms with Crippen LogP contribution < -0.4 is 10.6 Å². The summed E-state index contributed by atoms with van der Waals surface area (Å²) in [5.74, 6) is 0.842. The Balaban J connectivity index is 0.00000289. The van der Waals surface area contributed by atoms with E-state index in [1.165, 1.54) is 5.56 Å². The fourth-order valence-electron chi connectivity index (χ4n) is 1.44. The molecule has 0 bridgehead atoms. The van der Waals surface area contributed by atoms with Gasteiger partial charge in [-0.3, -0.25) is 4.99 Å². The highest BCUT2D eigenvalue weighted by atomic mass is 127. The SMILES string of the molecule is CN=C(NCCc1ccc(Cl)cc1)NC(C)C.I. The van der Waals surface area contributed by atoms with Crippen LogP contribution in [0.15, 0.2) is 29.3 Å². The van der Waals surface area contributed by atoms with E-state index >= 15 is 0 Å². The van der Waals surface area contributed by atoms with E-state index in [0.717, 1.165) is 23.9 Å². The summed E-state index contributed by atoms with van der Waals surface area (Å²) in [5, 5.41) is 7.29. The molecule has 3 nitrogen and oxygen atoms in total. The molecule has 5 heteroatoms.